The first-order valence-corrected chi connectivity index (χ1v) is 9.49. The number of hydrogen-bond acceptors (Lipinski definition) is 2. The highest BCUT2D eigenvalue weighted by molar-refractivity contribution is 5.91. The van der Waals surface area contributed by atoms with Gasteiger partial charge in [0.15, 0.2) is 0 Å². The van der Waals surface area contributed by atoms with E-state index < -0.39 is 0 Å². The van der Waals surface area contributed by atoms with Crippen LogP contribution in [-0.2, 0) is 0 Å². The maximum absolute atomic E-state index is 12.5. The van der Waals surface area contributed by atoms with E-state index >= 15 is 0 Å². The van der Waals surface area contributed by atoms with Gasteiger partial charge in [-0.15, -0.1) is 0 Å². The molecule has 4 rings (SSSR count). The Morgan fingerprint density at radius 2 is 1.17 bits per heavy atom. The smallest absolute Gasteiger partial charge is 0.343 e. The minimum Gasteiger partial charge on any atom is -0.423 e. The fourth-order valence-electron chi connectivity index (χ4n) is 3.02. The fourth-order valence-corrected chi connectivity index (χ4v) is 3.02. The van der Waals surface area contributed by atoms with E-state index in [1.807, 2.05) is 103 Å². The molecule has 0 aliphatic rings. The zero-order valence-corrected chi connectivity index (χ0v) is 15.9. The first-order valence-electron chi connectivity index (χ1n) is 9.49. The van der Waals surface area contributed by atoms with E-state index in [-0.39, 0.29) is 5.97 Å². The van der Waals surface area contributed by atoms with Gasteiger partial charge in [0.2, 0.25) is 0 Å². The van der Waals surface area contributed by atoms with Gasteiger partial charge < -0.3 is 4.74 Å². The molecule has 0 saturated carbocycles. The lowest BCUT2D eigenvalue weighted by molar-refractivity contribution is 0.0735. The van der Waals surface area contributed by atoms with Crippen molar-refractivity contribution in [2.75, 3.05) is 0 Å². The molecule has 0 bridgehead atoms. The standard InChI is InChI=1S/C27H20O2/c28-27(29-26-13-7-12-25(20-26)23-10-5-2-6-11-23)24-18-16-22(17-19-24)15-14-21-8-3-1-4-9-21/h1-20H/b15-14+. The number of ether oxygens (including phenoxy) is 1. The van der Waals surface area contributed by atoms with E-state index in [1.165, 1.54) is 0 Å². The fraction of sp³-hybridized carbons (Fsp3) is 0. The summed E-state index contributed by atoms with van der Waals surface area (Å²) in [7, 11) is 0. The van der Waals surface area contributed by atoms with E-state index in [0.29, 0.717) is 11.3 Å². The van der Waals surface area contributed by atoms with Crippen LogP contribution in [0.1, 0.15) is 21.5 Å². The van der Waals surface area contributed by atoms with Gasteiger partial charge in [-0.05, 0) is 46.5 Å². The largest absolute Gasteiger partial charge is 0.423 e. The Labute approximate surface area is 170 Å². The molecule has 0 fully saturated rings. The third-order valence-corrected chi connectivity index (χ3v) is 4.57. The molecule has 0 unspecified atom stereocenters. The van der Waals surface area contributed by atoms with E-state index in [2.05, 4.69) is 0 Å². The second kappa shape index (κ2) is 8.85. The van der Waals surface area contributed by atoms with E-state index in [4.69, 9.17) is 4.74 Å². The van der Waals surface area contributed by atoms with Gasteiger partial charge in [-0.25, -0.2) is 4.79 Å². The summed E-state index contributed by atoms with van der Waals surface area (Å²) in [6.07, 6.45) is 4.07. The Morgan fingerprint density at radius 3 is 1.86 bits per heavy atom. The zero-order valence-electron chi connectivity index (χ0n) is 15.9. The zero-order chi connectivity index (χ0) is 19.9. The van der Waals surface area contributed by atoms with Gasteiger partial charge in [0, 0.05) is 0 Å². The summed E-state index contributed by atoms with van der Waals surface area (Å²) in [6.45, 7) is 0. The molecule has 0 N–H and O–H groups in total. The number of benzene rings is 4. The molecule has 4 aromatic rings. The maximum Gasteiger partial charge on any atom is 0.343 e. The molecule has 0 aliphatic heterocycles. The van der Waals surface area contributed by atoms with Crippen LogP contribution in [0.2, 0.25) is 0 Å². The van der Waals surface area contributed by atoms with Crippen molar-refractivity contribution >= 4 is 18.1 Å². The third-order valence-electron chi connectivity index (χ3n) is 4.57. The van der Waals surface area contributed by atoms with Crippen LogP contribution in [0.3, 0.4) is 0 Å². The van der Waals surface area contributed by atoms with Crippen LogP contribution >= 0.6 is 0 Å². The number of esters is 1. The van der Waals surface area contributed by atoms with Crippen molar-refractivity contribution in [1.29, 1.82) is 0 Å². The second-order valence-corrected chi connectivity index (χ2v) is 6.65. The highest BCUT2D eigenvalue weighted by atomic mass is 16.5. The Morgan fingerprint density at radius 1 is 0.586 bits per heavy atom. The molecule has 0 atom stereocenters. The Kier molecular flexibility index (Phi) is 5.63. The number of hydrogen-bond donors (Lipinski definition) is 0. The van der Waals surface area contributed by atoms with Crippen molar-refractivity contribution in [3.63, 3.8) is 0 Å². The molecule has 0 amide bonds. The van der Waals surface area contributed by atoms with Crippen molar-refractivity contribution < 1.29 is 9.53 Å². The van der Waals surface area contributed by atoms with Crippen molar-refractivity contribution in [1.82, 2.24) is 0 Å². The molecular weight excluding hydrogens is 356 g/mol. The summed E-state index contributed by atoms with van der Waals surface area (Å²) in [5, 5.41) is 0. The summed E-state index contributed by atoms with van der Waals surface area (Å²) in [6, 6.07) is 35.1. The summed E-state index contributed by atoms with van der Waals surface area (Å²) in [5.74, 6) is 0.165. The van der Waals surface area contributed by atoms with E-state index in [1.54, 1.807) is 18.2 Å². The van der Waals surface area contributed by atoms with Gasteiger partial charge in [-0.2, -0.15) is 0 Å². The van der Waals surface area contributed by atoms with Crippen LogP contribution in [0.15, 0.2) is 109 Å². The lowest BCUT2D eigenvalue weighted by Crippen LogP contribution is -2.08. The molecule has 140 valence electrons. The van der Waals surface area contributed by atoms with Crippen molar-refractivity contribution in [2.45, 2.75) is 0 Å². The molecule has 4 aromatic carbocycles. The molecule has 0 heterocycles. The highest BCUT2D eigenvalue weighted by Crippen LogP contribution is 2.24. The summed E-state index contributed by atoms with van der Waals surface area (Å²) in [4.78, 5) is 12.5. The number of carbonyl (C=O) groups is 1. The average molecular weight is 376 g/mol. The molecule has 2 heteroatoms. The Balaban J connectivity index is 1.44. The lowest BCUT2D eigenvalue weighted by Gasteiger charge is -2.07. The first-order chi connectivity index (χ1) is 14.3. The van der Waals surface area contributed by atoms with Crippen LogP contribution < -0.4 is 4.74 Å². The summed E-state index contributed by atoms with van der Waals surface area (Å²) >= 11 is 0. The third kappa shape index (κ3) is 4.88. The van der Waals surface area contributed by atoms with E-state index in [9.17, 15) is 4.79 Å². The molecule has 2 nitrogen and oxygen atoms in total. The van der Waals surface area contributed by atoms with E-state index in [0.717, 1.165) is 22.3 Å². The highest BCUT2D eigenvalue weighted by Gasteiger charge is 2.09. The van der Waals surface area contributed by atoms with Crippen LogP contribution in [-0.4, -0.2) is 5.97 Å². The van der Waals surface area contributed by atoms with Crippen molar-refractivity contribution in [3.05, 3.63) is 126 Å². The summed E-state index contributed by atoms with van der Waals surface area (Å²) < 4.78 is 5.57. The van der Waals surface area contributed by atoms with Crippen LogP contribution in [0.25, 0.3) is 23.3 Å². The molecule has 29 heavy (non-hydrogen) atoms. The second-order valence-electron chi connectivity index (χ2n) is 6.65. The van der Waals surface area contributed by atoms with Gasteiger partial charge >= 0.3 is 5.97 Å². The first kappa shape index (κ1) is 18.5. The van der Waals surface area contributed by atoms with Gasteiger partial charge in [0.1, 0.15) is 5.75 Å². The number of rotatable bonds is 5. The monoisotopic (exact) mass is 376 g/mol. The molecular formula is C27H20O2. The molecule has 0 aromatic heterocycles. The predicted molar refractivity (Wildman–Crippen MR) is 119 cm³/mol. The quantitative estimate of drug-likeness (QED) is 0.219. The topological polar surface area (TPSA) is 26.3 Å². The predicted octanol–water partition coefficient (Wildman–Crippen LogP) is 6.74. The van der Waals surface area contributed by atoms with Gasteiger partial charge in [0.05, 0.1) is 5.56 Å². The maximum atomic E-state index is 12.5. The molecule has 0 saturated heterocycles. The van der Waals surface area contributed by atoms with Gasteiger partial charge in [-0.3, -0.25) is 0 Å². The average Bonchev–Trinajstić information content (AvgIpc) is 2.79. The minimum atomic E-state index is -0.367. The number of carbonyl (C=O) groups excluding carboxylic acids is 1. The Hall–Kier alpha value is -3.91. The molecule has 0 spiro atoms. The Bertz CT molecular complexity index is 1110. The summed E-state index contributed by atoms with van der Waals surface area (Å²) in [5.41, 5.74) is 4.77. The van der Waals surface area contributed by atoms with Crippen LogP contribution in [0, 0.1) is 0 Å². The SMILES string of the molecule is O=C(Oc1cccc(-c2ccccc2)c1)c1ccc(/C=C/c2ccccc2)cc1. The van der Waals surface area contributed by atoms with Gasteiger partial charge in [-0.1, -0.05) is 97.1 Å². The minimum absolute atomic E-state index is 0.367. The van der Waals surface area contributed by atoms with Crippen LogP contribution in [0.5, 0.6) is 5.75 Å². The lowest BCUT2D eigenvalue weighted by atomic mass is 10.1. The van der Waals surface area contributed by atoms with Gasteiger partial charge in [0.25, 0.3) is 0 Å². The van der Waals surface area contributed by atoms with Crippen molar-refractivity contribution in [2.24, 2.45) is 0 Å². The molecule has 0 aliphatic carbocycles. The molecule has 0 radical (unpaired) electrons. The van der Waals surface area contributed by atoms with Crippen LogP contribution in [0.4, 0.5) is 0 Å². The normalized spacial score (nSPS) is 10.8. The van der Waals surface area contributed by atoms with Crippen molar-refractivity contribution in [3.8, 4) is 16.9 Å².